The monoisotopic (exact) mass is 310 g/mol. The third kappa shape index (κ3) is 2.31. The number of carbonyl (C=O) groups is 1. The molecule has 1 aliphatic heterocycles. The van der Waals surface area contributed by atoms with Gasteiger partial charge in [0.25, 0.3) is 0 Å². The molecule has 2 aromatic rings. The number of sulfone groups is 1. The lowest BCUT2D eigenvalue weighted by atomic mass is 10.2. The number of aromatic nitrogens is 2. The number of thiophene rings is 1. The van der Waals surface area contributed by atoms with Crippen LogP contribution in [0.25, 0.3) is 10.6 Å². The van der Waals surface area contributed by atoms with E-state index in [1.165, 1.54) is 11.3 Å². The van der Waals surface area contributed by atoms with Gasteiger partial charge in [-0.05, 0) is 30.4 Å². The molecule has 5 nitrogen and oxygen atoms in total. The van der Waals surface area contributed by atoms with Crippen LogP contribution in [-0.2, 0) is 9.84 Å². The van der Waals surface area contributed by atoms with Crippen molar-refractivity contribution in [1.29, 1.82) is 0 Å². The normalized spacial score (nSPS) is 21.1. The number of nitrogens with zero attached hydrogens (tertiary/aromatic N) is 2. The Bertz CT molecular complexity index is 758. The molecule has 7 heteroatoms. The maximum absolute atomic E-state index is 11.5. The van der Waals surface area contributed by atoms with Gasteiger partial charge in [-0.1, -0.05) is 0 Å². The molecule has 0 amide bonds. The van der Waals surface area contributed by atoms with Gasteiger partial charge in [-0.3, -0.25) is 9.48 Å². The number of aldehydes is 1. The van der Waals surface area contributed by atoms with Crippen LogP contribution in [0.15, 0.2) is 17.6 Å². The smallest absolute Gasteiger partial charge is 0.153 e. The van der Waals surface area contributed by atoms with Gasteiger partial charge in [0.2, 0.25) is 0 Å². The Kier molecular flexibility index (Phi) is 3.25. The van der Waals surface area contributed by atoms with Crippen LogP contribution in [0.5, 0.6) is 0 Å². The summed E-state index contributed by atoms with van der Waals surface area (Å²) in [7, 11) is -2.96. The lowest BCUT2D eigenvalue weighted by Gasteiger charge is -2.07. The zero-order valence-electron chi connectivity index (χ0n) is 10.9. The number of hydrogen-bond donors (Lipinski definition) is 0. The van der Waals surface area contributed by atoms with Crippen molar-refractivity contribution < 1.29 is 13.2 Å². The van der Waals surface area contributed by atoms with Crippen molar-refractivity contribution in [3.8, 4) is 10.6 Å². The van der Waals surface area contributed by atoms with Gasteiger partial charge in [0, 0.05) is 6.20 Å². The van der Waals surface area contributed by atoms with Crippen molar-refractivity contribution in [2.24, 2.45) is 0 Å². The van der Waals surface area contributed by atoms with E-state index in [4.69, 9.17) is 0 Å². The second kappa shape index (κ2) is 4.82. The molecule has 0 radical (unpaired) electrons. The van der Waals surface area contributed by atoms with Gasteiger partial charge in [-0.15, -0.1) is 11.3 Å². The third-order valence-corrected chi connectivity index (χ3v) is 6.32. The maximum Gasteiger partial charge on any atom is 0.153 e. The van der Waals surface area contributed by atoms with Gasteiger partial charge in [-0.2, -0.15) is 5.10 Å². The first-order valence-electron chi connectivity index (χ1n) is 6.29. The Hall–Kier alpha value is -1.47. The fourth-order valence-electron chi connectivity index (χ4n) is 2.45. The zero-order valence-corrected chi connectivity index (χ0v) is 12.6. The molecule has 3 rings (SSSR count). The topological polar surface area (TPSA) is 69.0 Å². The quantitative estimate of drug-likeness (QED) is 0.814. The summed E-state index contributed by atoms with van der Waals surface area (Å²) in [4.78, 5) is 12.2. The van der Waals surface area contributed by atoms with Gasteiger partial charge in [-0.25, -0.2) is 8.42 Å². The summed E-state index contributed by atoms with van der Waals surface area (Å²) in [5.41, 5.74) is 2.24. The predicted molar refractivity (Wildman–Crippen MR) is 78.0 cm³/mol. The molecule has 0 bridgehead atoms. The first kappa shape index (κ1) is 13.5. The molecule has 20 heavy (non-hydrogen) atoms. The first-order chi connectivity index (χ1) is 9.50. The van der Waals surface area contributed by atoms with Crippen LogP contribution in [0.3, 0.4) is 0 Å². The second-order valence-electron chi connectivity index (χ2n) is 5.02. The van der Waals surface area contributed by atoms with Gasteiger partial charge in [0.05, 0.1) is 28.0 Å². The molecular formula is C13H14N2O3S2. The summed E-state index contributed by atoms with van der Waals surface area (Å²) < 4.78 is 24.7. The van der Waals surface area contributed by atoms with E-state index in [0.717, 1.165) is 16.7 Å². The number of hydrogen-bond acceptors (Lipinski definition) is 5. The van der Waals surface area contributed by atoms with Gasteiger partial charge in [0.15, 0.2) is 16.1 Å². The molecular weight excluding hydrogens is 296 g/mol. The molecule has 0 spiro atoms. The van der Waals surface area contributed by atoms with E-state index in [9.17, 15) is 13.2 Å². The molecule has 0 aromatic carbocycles. The Morgan fingerprint density at radius 3 is 2.85 bits per heavy atom. The van der Waals surface area contributed by atoms with Crippen LogP contribution in [-0.4, -0.2) is 36.0 Å². The number of rotatable bonds is 3. The minimum absolute atomic E-state index is 0.107. The van der Waals surface area contributed by atoms with Crippen LogP contribution in [0.2, 0.25) is 0 Å². The van der Waals surface area contributed by atoms with Crippen molar-refractivity contribution >= 4 is 27.5 Å². The van der Waals surface area contributed by atoms with Crippen molar-refractivity contribution in [3.05, 3.63) is 28.8 Å². The summed E-state index contributed by atoms with van der Waals surface area (Å²) >= 11 is 1.53. The van der Waals surface area contributed by atoms with Crippen molar-refractivity contribution in [3.63, 3.8) is 0 Å². The minimum Gasteiger partial charge on any atom is -0.298 e. The minimum atomic E-state index is -2.96. The van der Waals surface area contributed by atoms with E-state index in [0.29, 0.717) is 17.7 Å². The Morgan fingerprint density at radius 2 is 2.30 bits per heavy atom. The molecule has 1 saturated heterocycles. The summed E-state index contributed by atoms with van der Waals surface area (Å²) in [6.45, 7) is 1.97. The van der Waals surface area contributed by atoms with Gasteiger partial charge < -0.3 is 0 Å². The second-order valence-corrected chi connectivity index (χ2v) is 8.17. The largest absolute Gasteiger partial charge is 0.298 e. The maximum atomic E-state index is 11.5. The summed E-state index contributed by atoms with van der Waals surface area (Å²) in [6, 6.07) is 1.82. The SMILES string of the molecule is Cc1ccsc1-c1nn(C2CCS(=O)(=O)C2)cc1C=O. The van der Waals surface area contributed by atoms with Gasteiger partial charge >= 0.3 is 0 Å². The lowest BCUT2D eigenvalue weighted by Crippen LogP contribution is -2.11. The molecule has 106 valence electrons. The Labute approximate surface area is 121 Å². The average Bonchev–Trinajstić information content (AvgIpc) is 3.06. The van der Waals surface area contributed by atoms with Crippen LogP contribution >= 0.6 is 11.3 Å². The highest BCUT2D eigenvalue weighted by atomic mass is 32.2. The van der Waals surface area contributed by atoms with Crippen LogP contribution < -0.4 is 0 Å². The van der Waals surface area contributed by atoms with E-state index < -0.39 is 9.84 Å². The molecule has 0 saturated carbocycles. The number of carbonyl (C=O) groups excluding carboxylic acids is 1. The van der Waals surface area contributed by atoms with Crippen molar-refractivity contribution in [2.45, 2.75) is 19.4 Å². The molecule has 3 heterocycles. The molecule has 1 fully saturated rings. The molecule has 1 atom stereocenters. The molecule has 1 unspecified atom stereocenters. The highest BCUT2D eigenvalue weighted by Gasteiger charge is 2.30. The predicted octanol–water partition coefficient (Wildman–Crippen LogP) is 2.09. The average molecular weight is 310 g/mol. The van der Waals surface area contributed by atoms with Crippen LogP contribution in [0.1, 0.15) is 28.4 Å². The summed E-state index contributed by atoms with van der Waals surface area (Å²) in [5, 5.41) is 6.42. The van der Waals surface area contributed by atoms with Crippen molar-refractivity contribution in [1.82, 2.24) is 9.78 Å². The molecule has 0 aliphatic carbocycles. The molecule has 1 aliphatic rings. The zero-order chi connectivity index (χ0) is 14.3. The Balaban J connectivity index is 2.02. The van der Waals surface area contributed by atoms with E-state index in [2.05, 4.69) is 5.10 Å². The fourth-order valence-corrected chi connectivity index (χ4v) is 5.09. The molecule has 2 aromatic heterocycles. The lowest BCUT2D eigenvalue weighted by molar-refractivity contribution is 0.112. The van der Waals surface area contributed by atoms with E-state index >= 15 is 0 Å². The highest BCUT2D eigenvalue weighted by molar-refractivity contribution is 7.91. The number of aryl methyl sites for hydroxylation is 1. The summed E-state index contributed by atoms with van der Waals surface area (Å²) in [5.74, 6) is 0.303. The standard InChI is InChI=1S/C13H14N2O3S2/c1-9-2-4-19-13(9)12-10(7-16)6-15(14-12)11-3-5-20(17,18)8-11/h2,4,6-7,11H,3,5,8H2,1H3. The first-order valence-corrected chi connectivity index (χ1v) is 8.99. The van der Waals surface area contributed by atoms with E-state index in [1.54, 1.807) is 10.9 Å². The van der Waals surface area contributed by atoms with Crippen LogP contribution in [0, 0.1) is 6.92 Å². The van der Waals surface area contributed by atoms with E-state index in [1.807, 2.05) is 18.4 Å². The highest BCUT2D eigenvalue weighted by Crippen LogP contribution is 2.32. The van der Waals surface area contributed by atoms with Gasteiger partial charge in [0.1, 0.15) is 5.69 Å². The van der Waals surface area contributed by atoms with Crippen LogP contribution in [0.4, 0.5) is 0 Å². The fraction of sp³-hybridized carbons (Fsp3) is 0.385. The Morgan fingerprint density at radius 1 is 1.50 bits per heavy atom. The van der Waals surface area contributed by atoms with Crippen molar-refractivity contribution in [2.75, 3.05) is 11.5 Å². The van der Waals surface area contributed by atoms with E-state index in [-0.39, 0.29) is 17.5 Å². The summed E-state index contributed by atoms with van der Waals surface area (Å²) in [6.07, 6.45) is 3.00. The molecule has 0 N–H and O–H groups in total. The third-order valence-electron chi connectivity index (χ3n) is 3.55.